The number of halogens is 1. The number of Topliss-reactive ketones (excluding diaryl/α,β-unsaturated/α-hetero) is 1. The third-order valence-corrected chi connectivity index (χ3v) is 5.78. The second-order valence-corrected chi connectivity index (χ2v) is 7.76. The van der Waals surface area contributed by atoms with Gasteiger partial charge in [-0.25, -0.2) is 0 Å². The van der Waals surface area contributed by atoms with E-state index >= 15 is 0 Å². The van der Waals surface area contributed by atoms with Crippen molar-refractivity contribution in [2.24, 2.45) is 5.92 Å². The first kappa shape index (κ1) is 14.3. The quantitative estimate of drug-likeness (QED) is 0.709. The van der Waals surface area contributed by atoms with Gasteiger partial charge in [-0.05, 0) is 43.2 Å². The van der Waals surface area contributed by atoms with E-state index in [9.17, 15) is 4.79 Å². The molecular formula is C17H18IO+. The van der Waals surface area contributed by atoms with Crippen molar-refractivity contribution in [3.05, 3.63) is 67.3 Å². The van der Waals surface area contributed by atoms with E-state index in [-0.39, 0.29) is 32.9 Å². The fraction of sp³-hybridized carbons (Fsp3) is 0.235. The zero-order valence-corrected chi connectivity index (χ0v) is 13.4. The molecule has 0 bridgehead atoms. The Hall–Kier alpha value is -1.16. The highest BCUT2D eigenvalue weighted by Gasteiger charge is 2.15. The summed E-state index contributed by atoms with van der Waals surface area (Å²) in [5.41, 5.74) is 1.25. The number of benzene rings is 2. The summed E-state index contributed by atoms with van der Waals surface area (Å²) in [7, 11) is 0. The van der Waals surface area contributed by atoms with Crippen molar-refractivity contribution >= 4 is 5.78 Å². The Morgan fingerprint density at radius 3 is 2.16 bits per heavy atom. The van der Waals surface area contributed by atoms with Crippen LogP contribution in [0.3, 0.4) is 0 Å². The number of carbonyl (C=O) groups is 1. The van der Waals surface area contributed by atoms with Gasteiger partial charge in [-0.15, -0.1) is 0 Å². The highest BCUT2D eigenvalue weighted by Crippen LogP contribution is 2.08. The van der Waals surface area contributed by atoms with Crippen LogP contribution in [0.2, 0.25) is 0 Å². The summed E-state index contributed by atoms with van der Waals surface area (Å²) < 4.78 is 2.86. The van der Waals surface area contributed by atoms with Gasteiger partial charge >= 0.3 is 21.2 Å². The minimum absolute atomic E-state index is 0.0849. The molecule has 0 aliphatic carbocycles. The van der Waals surface area contributed by atoms with E-state index in [0.717, 1.165) is 6.42 Å². The molecule has 98 valence electrons. The summed E-state index contributed by atoms with van der Waals surface area (Å²) in [4.78, 5) is 11.3. The summed E-state index contributed by atoms with van der Waals surface area (Å²) >= 11 is -0.0849. The van der Waals surface area contributed by atoms with E-state index in [2.05, 4.69) is 54.6 Å². The van der Waals surface area contributed by atoms with Crippen LogP contribution < -0.4 is 21.2 Å². The highest BCUT2D eigenvalue weighted by atomic mass is 127. The zero-order chi connectivity index (χ0) is 13.7. The Labute approximate surface area is 125 Å². The van der Waals surface area contributed by atoms with E-state index in [1.165, 1.54) is 12.7 Å². The van der Waals surface area contributed by atoms with Gasteiger partial charge in [0.15, 0.2) is 7.14 Å². The largest absolute Gasteiger partial charge is 0.357 e. The van der Waals surface area contributed by atoms with E-state index in [0.29, 0.717) is 0 Å². The number of hydrogen-bond acceptors (Lipinski definition) is 1. The summed E-state index contributed by atoms with van der Waals surface area (Å²) in [6.07, 6.45) is 0.846. The van der Waals surface area contributed by atoms with Gasteiger partial charge in [0.2, 0.25) is 0 Å². The summed E-state index contributed by atoms with van der Waals surface area (Å²) in [6, 6.07) is 19.4. The molecule has 2 aromatic rings. The molecular weight excluding hydrogens is 347 g/mol. The number of hydrogen-bond donors (Lipinski definition) is 0. The van der Waals surface area contributed by atoms with E-state index in [4.69, 9.17) is 0 Å². The Morgan fingerprint density at radius 2 is 1.58 bits per heavy atom. The van der Waals surface area contributed by atoms with Crippen molar-refractivity contribution in [2.45, 2.75) is 20.3 Å². The molecule has 19 heavy (non-hydrogen) atoms. The zero-order valence-electron chi connectivity index (χ0n) is 11.3. The molecule has 0 fully saturated rings. The van der Waals surface area contributed by atoms with Crippen LogP contribution in [0.15, 0.2) is 54.6 Å². The lowest BCUT2D eigenvalue weighted by molar-refractivity contribution is -0.597. The Balaban J connectivity index is 2.01. The van der Waals surface area contributed by atoms with Crippen molar-refractivity contribution in [3.8, 4) is 0 Å². The second kappa shape index (κ2) is 6.85. The van der Waals surface area contributed by atoms with Crippen molar-refractivity contribution in [2.75, 3.05) is 0 Å². The second-order valence-electron chi connectivity index (χ2n) is 4.73. The summed E-state index contributed by atoms with van der Waals surface area (Å²) in [5.74, 6) is 0.385. The molecule has 0 aromatic heterocycles. The lowest BCUT2D eigenvalue weighted by Gasteiger charge is -2.06. The Bertz CT molecular complexity index is 531. The van der Waals surface area contributed by atoms with Gasteiger partial charge in [-0.3, -0.25) is 4.79 Å². The van der Waals surface area contributed by atoms with Gasteiger partial charge in [0.25, 0.3) is 0 Å². The van der Waals surface area contributed by atoms with Crippen LogP contribution in [-0.4, -0.2) is 5.78 Å². The molecule has 0 heterocycles. The fourth-order valence-electron chi connectivity index (χ4n) is 1.78. The van der Waals surface area contributed by atoms with Gasteiger partial charge in [0.05, 0.1) is 0 Å². The third-order valence-electron chi connectivity index (χ3n) is 3.10. The van der Waals surface area contributed by atoms with Gasteiger partial charge in [-0.1, -0.05) is 37.3 Å². The summed E-state index contributed by atoms with van der Waals surface area (Å²) in [6.45, 7) is 3.66. The van der Waals surface area contributed by atoms with Crippen molar-refractivity contribution in [3.63, 3.8) is 0 Å². The lowest BCUT2D eigenvalue weighted by atomic mass is 9.98. The van der Waals surface area contributed by atoms with Crippen LogP contribution in [0.4, 0.5) is 0 Å². The molecule has 0 radical (unpaired) electrons. The smallest absolute Gasteiger partial charge is 0.300 e. The molecule has 0 saturated carbocycles. The highest BCUT2D eigenvalue weighted by molar-refractivity contribution is 5.78. The van der Waals surface area contributed by atoms with Crippen molar-refractivity contribution in [1.29, 1.82) is 0 Å². The molecule has 0 aliphatic heterocycles. The lowest BCUT2D eigenvalue weighted by Crippen LogP contribution is -3.61. The predicted octanol–water partition coefficient (Wildman–Crippen LogP) is 0.583. The molecule has 0 amide bonds. The van der Waals surface area contributed by atoms with Gasteiger partial charge in [-0.2, -0.15) is 0 Å². The number of ketones is 1. The molecule has 0 spiro atoms. The Morgan fingerprint density at radius 1 is 1.00 bits per heavy atom. The van der Waals surface area contributed by atoms with E-state index in [1.807, 2.05) is 6.92 Å². The Kier molecular flexibility index (Phi) is 5.14. The minimum atomic E-state index is -0.0849. The number of carbonyl (C=O) groups excluding carboxylic acids is 1. The SMILES string of the molecule is CC(=O)[C@@H](C)Cc1ccc([I+]c2ccccc2)cc1. The first-order valence-electron chi connectivity index (χ1n) is 6.44. The molecule has 0 saturated heterocycles. The van der Waals surface area contributed by atoms with E-state index < -0.39 is 0 Å². The van der Waals surface area contributed by atoms with Crippen molar-refractivity contribution < 1.29 is 26.0 Å². The molecule has 1 nitrogen and oxygen atoms in total. The average molecular weight is 365 g/mol. The van der Waals surface area contributed by atoms with Crippen LogP contribution in [0.5, 0.6) is 0 Å². The van der Waals surface area contributed by atoms with Gasteiger partial charge < -0.3 is 0 Å². The fourth-order valence-corrected chi connectivity index (χ4v) is 4.00. The van der Waals surface area contributed by atoms with Gasteiger partial charge in [0, 0.05) is 5.92 Å². The predicted molar refractivity (Wildman–Crippen MR) is 73.8 cm³/mol. The minimum Gasteiger partial charge on any atom is -0.300 e. The summed E-state index contributed by atoms with van der Waals surface area (Å²) in [5, 5.41) is 0. The first-order valence-corrected chi connectivity index (χ1v) is 8.60. The molecule has 1 atom stereocenters. The maximum atomic E-state index is 11.3. The third kappa shape index (κ3) is 4.46. The normalized spacial score (nSPS) is 12.1. The number of rotatable bonds is 5. The monoisotopic (exact) mass is 365 g/mol. The topological polar surface area (TPSA) is 17.1 Å². The van der Waals surface area contributed by atoms with Crippen LogP contribution in [-0.2, 0) is 11.2 Å². The molecule has 0 aliphatic rings. The molecule has 2 rings (SSSR count). The van der Waals surface area contributed by atoms with Crippen LogP contribution in [0.1, 0.15) is 19.4 Å². The average Bonchev–Trinajstić information content (AvgIpc) is 2.42. The first-order chi connectivity index (χ1) is 9.15. The van der Waals surface area contributed by atoms with Crippen LogP contribution in [0.25, 0.3) is 0 Å². The molecule has 2 heteroatoms. The maximum Gasteiger partial charge on any atom is 0.357 e. The molecule has 2 aromatic carbocycles. The van der Waals surface area contributed by atoms with Crippen molar-refractivity contribution in [1.82, 2.24) is 0 Å². The van der Waals surface area contributed by atoms with Crippen LogP contribution in [0, 0.1) is 13.1 Å². The molecule has 0 unspecified atom stereocenters. The van der Waals surface area contributed by atoms with Gasteiger partial charge in [0.1, 0.15) is 5.78 Å². The maximum absolute atomic E-state index is 11.3. The molecule has 0 N–H and O–H groups in total. The standard InChI is InChI=1S/C17H18IO/c1-13(14(2)19)12-15-8-10-17(11-9-15)18-16-6-4-3-5-7-16/h3-11,13H,12H2,1-2H3/q+1/t13-/m0/s1. The van der Waals surface area contributed by atoms with Crippen LogP contribution >= 0.6 is 0 Å². The van der Waals surface area contributed by atoms with E-state index in [1.54, 1.807) is 6.92 Å².